The fraction of sp³-hybridized carbons (Fsp3) is 0.333. The molecule has 0 heterocycles. The van der Waals surface area contributed by atoms with E-state index in [0.29, 0.717) is 37.1 Å². The fourth-order valence-electron chi connectivity index (χ4n) is 3.40. The van der Waals surface area contributed by atoms with Crippen molar-refractivity contribution in [1.82, 2.24) is 0 Å². The smallest absolute Gasteiger partial charge is 0.318 e. The first kappa shape index (κ1) is 21.4. The van der Waals surface area contributed by atoms with E-state index in [4.69, 9.17) is 9.68 Å². The minimum Gasteiger partial charge on any atom is -0.318 e. The first-order valence-electron chi connectivity index (χ1n) is 10.2. The Morgan fingerprint density at radius 3 is 1.33 bits per heavy atom. The van der Waals surface area contributed by atoms with Crippen LogP contribution in [0.4, 0.5) is 0 Å². The first-order chi connectivity index (χ1) is 14.5. The van der Waals surface area contributed by atoms with Gasteiger partial charge in [-0.3, -0.25) is 0 Å². The maximum atomic E-state index is 12.3. The lowest BCUT2D eigenvalue weighted by Crippen LogP contribution is -2.27. The number of rotatable bonds is 6. The van der Waals surface area contributed by atoms with E-state index < -0.39 is 0 Å². The van der Waals surface area contributed by atoms with Crippen LogP contribution in [0.1, 0.15) is 50.7 Å². The summed E-state index contributed by atoms with van der Waals surface area (Å²) in [5, 5.41) is 7.92. The average Bonchev–Trinajstić information content (AvgIpc) is 2.81. The summed E-state index contributed by atoms with van der Waals surface area (Å²) >= 11 is 0. The van der Waals surface area contributed by atoms with E-state index in [2.05, 4.69) is 10.3 Å². The second-order valence-electron chi connectivity index (χ2n) is 7.45. The molecule has 0 radical (unpaired) electrons. The summed E-state index contributed by atoms with van der Waals surface area (Å²) in [6, 6.07) is 19.1. The summed E-state index contributed by atoms with van der Waals surface area (Å²) in [4.78, 5) is 34.9. The highest BCUT2D eigenvalue weighted by Crippen LogP contribution is 2.30. The van der Waals surface area contributed by atoms with Crippen LogP contribution in [0.15, 0.2) is 71.0 Å². The van der Waals surface area contributed by atoms with E-state index in [1.165, 1.54) is 0 Å². The Balaban J connectivity index is 1.46. The Morgan fingerprint density at radius 1 is 0.667 bits per heavy atom. The molecule has 0 aliphatic heterocycles. The molecule has 0 bridgehead atoms. The van der Waals surface area contributed by atoms with Crippen LogP contribution in [0.3, 0.4) is 0 Å². The van der Waals surface area contributed by atoms with Gasteiger partial charge in [-0.1, -0.05) is 71.0 Å². The summed E-state index contributed by atoms with van der Waals surface area (Å²) in [7, 11) is 0. The lowest BCUT2D eigenvalue weighted by atomic mass is 9.82. The van der Waals surface area contributed by atoms with Crippen molar-refractivity contribution in [3.05, 3.63) is 71.8 Å². The van der Waals surface area contributed by atoms with Crippen molar-refractivity contribution in [3.63, 3.8) is 0 Å². The third-order valence-electron chi connectivity index (χ3n) is 5.32. The molecule has 0 N–H and O–H groups in total. The first-order valence-corrected chi connectivity index (χ1v) is 10.2. The number of benzene rings is 2. The summed E-state index contributed by atoms with van der Waals surface area (Å²) in [6.45, 7) is 3.60. The molecule has 2 aromatic rings. The molecule has 1 aliphatic carbocycles. The number of nitrogens with zero attached hydrogens (tertiary/aromatic N) is 2. The average molecular weight is 406 g/mol. The van der Waals surface area contributed by atoms with Crippen molar-refractivity contribution in [2.45, 2.75) is 39.5 Å². The molecule has 6 nitrogen and oxygen atoms in total. The van der Waals surface area contributed by atoms with Gasteiger partial charge in [-0.25, -0.2) is 9.59 Å². The van der Waals surface area contributed by atoms with Crippen molar-refractivity contribution >= 4 is 23.4 Å². The highest BCUT2D eigenvalue weighted by Gasteiger charge is 2.32. The molecule has 3 rings (SSSR count). The van der Waals surface area contributed by atoms with Gasteiger partial charge in [-0.2, -0.15) is 0 Å². The van der Waals surface area contributed by atoms with Crippen LogP contribution < -0.4 is 0 Å². The minimum absolute atomic E-state index is 0.254. The van der Waals surface area contributed by atoms with Crippen LogP contribution in [0.2, 0.25) is 0 Å². The third-order valence-corrected chi connectivity index (χ3v) is 5.32. The molecule has 6 heteroatoms. The molecule has 0 atom stereocenters. The van der Waals surface area contributed by atoms with Gasteiger partial charge in [-0.15, -0.1) is 0 Å². The zero-order chi connectivity index (χ0) is 21.3. The van der Waals surface area contributed by atoms with Crippen LogP contribution >= 0.6 is 0 Å². The van der Waals surface area contributed by atoms with E-state index in [9.17, 15) is 9.59 Å². The van der Waals surface area contributed by atoms with Crippen LogP contribution in [-0.4, -0.2) is 23.4 Å². The molecule has 1 aliphatic rings. The van der Waals surface area contributed by atoms with Crippen molar-refractivity contribution in [3.8, 4) is 0 Å². The minimum atomic E-state index is -0.352. The van der Waals surface area contributed by atoms with Gasteiger partial charge < -0.3 is 9.68 Å². The van der Waals surface area contributed by atoms with E-state index in [-0.39, 0.29) is 23.8 Å². The highest BCUT2D eigenvalue weighted by atomic mass is 16.7. The Morgan fingerprint density at radius 2 is 1.00 bits per heavy atom. The van der Waals surface area contributed by atoms with Crippen molar-refractivity contribution < 1.29 is 19.3 Å². The molecule has 30 heavy (non-hydrogen) atoms. The van der Waals surface area contributed by atoms with Gasteiger partial charge in [0.05, 0.1) is 23.3 Å². The molecule has 1 saturated carbocycles. The van der Waals surface area contributed by atoms with Gasteiger partial charge in [0.25, 0.3) is 0 Å². The molecule has 0 saturated heterocycles. The topological polar surface area (TPSA) is 77.3 Å². The van der Waals surface area contributed by atoms with E-state index in [1.807, 2.05) is 60.7 Å². The van der Waals surface area contributed by atoms with Crippen molar-refractivity contribution in [1.29, 1.82) is 0 Å². The molecule has 0 spiro atoms. The van der Waals surface area contributed by atoms with Gasteiger partial charge in [-0.05, 0) is 50.7 Å². The standard InChI is InChI=1S/C24H26N2O4/c1-17(19-9-5-3-6-10-19)25-29-23(27)21-13-15-22(16-14-21)24(28)30-26-18(2)20-11-7-4-8-12-20/h3-12,21-22H,13-16H2,1-2H3/b25-17+,26-18+. The van der Waals surface area contributed by atoms with Gasteiger partial charge in [0.1, 0.15) is 0 Å². The molecule has 0 aromatic heterocycles. The van der Waals surface area contributed by atoms with E-state index in [1.54, 1.807) is 13.8 Å². The van der Waals surface area contributed by atoms with Gasteiger partial charge in [0.2, 0.25) is 0 Å². The number of carbonyl (C=O) groups is 2. The largest absolute Gasteiger partial charge is 0.338 e. The molecular formula is C24H26N2O4. The molecule has 2 aromatic carbocycles. The SMILES string of the molecule is C/C(=N\OC(=O)C1CCC(C(=O)O/N=C(\C)c2ccccc2)CC1)c1ccccc1. The number of hydrogen-bond donors (Lipinski definition) is 0. The Hall–Kier alpha value is -3.28. The van der Waals surface area contributed by atoms with Crippen LogP contribution in [0, 0.1) is 11.8 Å². The second kappa shape index (κ2) is 10.5. The number of oxime groups is 2. The number of hydrogen-bond acceptors (Lipinski definition) is 6. The van der Waals surface area contributed by atoms with Crippen LogP contribution in [0.5, 0.6) is 0 Å². The zero-order valence-corrected chi connectivity index (χ0v) is 17.3. The highest BCUT2D eigenvalue weighted by molar-refractivity contribution is 5.99. The Kier molecular flexibility index (Phi) is 7.49. The summed E-state index contributed by atoms with van der Waals surface area (Å²) in [6.07, 6.45) is 2.28. The Labute approximate surface area is 176 Å². The predicted molar refractivity (Wildman–Crippen MR) is 115 cm³/mol. The maximum absolute atomic E-state index is 12.3. The molecule has 0 unspecified atom stereocenters. The second-order valence-corrected chi connectivity index (χ2v) is 7.45. The normalized spacial score (nSPS) is 19.8. The maximum Gasteiger partial charge on any atom is 0.338 e. The molecule has 0 amide bonds. The fourth-order valence-corrected chi connectivity index (χ4v) is 3.40. The van der Waals surface area contributed by atoms with Crippen LogP contribution in [-0.2, 0) is 19.3 Å². The van der Waals surface area contributed by atoms with E-state index in [0.717, 1.165) is 11.1 Å². The summed E-state index contributed by atoms with van der Waals surface area (Å²) in [5.41, 5.74) is 3.10. The molecule has 1 fully saturated rings. The van der Waals surface area contributed by atoms with Gasteiger partial charge >= 0.3 is 11.9 Å². The summed E-state index contributed by atoms with van der Waals surface area (Å²) in [5.74, 6) is -1.21. The lowest BCUT2D eigenvalue weighted by Gasteiger charge is -2.24. The lowest BCUT2D eigenvalue weighted by molar-refractivity contribution is -0.155. The quantitative estimate of drug-likeness (QED) is 0.395. The predicted octanol–water partition coefficient (Wildman–Crippen LogP) is 4.73. The molecular weight excluding hydrogens is 380 g/mol. The monoisotopic (exact) mass is 406 g/mol. The number of carbonyl (C=O) groups excluding carboxylic acids is 2. The third kappa shape index (κ3) is 5.86. The van der Waals surface area contributed by atoms with Gasteiger partial charge in [0.15, 0.2) is 0 Å². The van der Waals surface area contributed by atoms with Crippen molar-refractivity contribution in [2.75, 3.05) is 0 Å². The Bertz CT molecular complexity index is 837. The zero-order valence-electron chi connectivity index (χ0n) is 17.3. The van der Waals surface area contributed by atoms with E-state index >= 15 is 0 Å². The molecule has 156 valence electrons. The van der Waals surface area contributed by atoms with Crippen molar-refractivity contribution in [2.24, 2.45) is 22.1 Å². The van der Waals surface area contributed by atoms with Gasteiger partial charge in [0, 0.05) is 0 Å². The summed E-state index contributed by atoms with van der Waals surface area (Å²) < 4.78 is 0. The van der Waals surface area contributed by atoms with Crippen LogP contribution in [0.25, 0.3) is 0 Å².